The maximum absolute atomic E-state index is 13.5. The van der Waals surface area contributed by atoms with Crippen molar-refractivity contribution in [1.29, 1.82) is 0 Å². The molecule has 0 saturated carbocycles. The first kappa shape index (κ1) is 23.2. The number of halogens is 2. The van der Waals surface area contributed by atoms with Crippen LogP contribution in [0.1, 0.15) is 10.4 Å². The Bertz CT molecular complexity index is 1150. The van der Waals surface area contributed by atoms with Crippen LogP contribution in [-0.4, -0.2) is 68.3 Å². The van der Waals surface area contributed by atoms with E-state index in [1.54, 1.807) is 31.4 Å². The molecule has 178 valence electrons. The largest absolute Gasteiger partial charge is 0.493 e. The molecule has 1 saturated heterocycles. The Labute approximate surface area is 195 Å². The molecule has 4 rings (SSSR count). The van der Waals surface area contributed by atoms with Gasteiger partial charge in [-0.25, -0.2) is 18.7 Å². The molecule has 3 aromatic rings. The van der Waals surface area contributed by atoms with Crippen LogP contribution >= 0.6 is 0 Å². The predicted octanol–water partition coefficient (Wildman–Crippen LogP) is 3.41. The van der Waals surface area contributed by atoms with Crippen LogP contribution in [0.5, 0.6) is 17.2 Å². The van der Waals surface area contributed by atoms with Crippen molar-refractivity contribution in [3.8, 4) is 28.5 Å². The van der Waals surface area contributed by atoms with Gasteiger partial charge in [-0.3, -0.25) is 4.79 Å². The number of nitrogens with zero attached hydrogens (tertiary/aromatic N) is 4. The molecule has 0 bridgehead atoms. The van der Waals surface area contributed by atoms with Gasteiger partial charge in [0, 0.05) is 49.6 Å². The first-order chi connectivity index (χ1) is 16.4. The standard InChI is InChI=1S/C24H24F2N4O4/c1-32-20-12-15(13-21(33-2)22(20)34-3)19-4-5-27-24(28-19)30-8-6-29(7-9-30)23(31)16-10-17(25)14-18(26)11-16/h4-5,10-14H,6-9H2,1-3H3. The molecule has 0 spiro atoms. The number of carbonyl (C=O) groups excluding carboxylic acids is 1. The second-order valence-corrected chi connectivity index (χ2v) is 7.59. The number of amides is 1. The molecular weight excluding hydrogens is 446 g/mol. The highest BCUT2D eigenvalue weighted by molar-refractivity contribution is 5.94. The minimum absolute atomic E-state index is 0.00778. The van der Waals surface area contributed by atoms with E-state index in [2.05, 4.69) is 9.97 Å². The van der Waals surface area contributed by atoms with Gasteiger partial charge in [-0.1, -0.05) is 0 Å². The Hall–Kier alpha value is -3.95. The van der Waals surface area contributed by atoms with Gasteiger partial charge in [0.15, 0.2) is 11.5 Å². The van der Waals surface area contributed by atoms with Gasteiger partial charge in [0.1, 0.15) is 11.6 Å². The Kier molecular flexibility index (Phi) is 6.76. The van der Waals surface area contributed by atoms with Gasteiger partial charge in [0.2, 0.25) is 11.7 Å². The monoisotopic (exact) mass is 470 g/mol. The molecule has 1 aromatic heterocycles. The van der Waals surface area contributed by atoms with Crippen LogP contribution in [0.2, 0.25) is 0 Å². The van der Waals surface area contributed by atoms with Crippen LogP contribution in [0.4, 0.5) is 14.7 Å². The first-order valence-electron chi connectivity index (χ1n) is 10.6. The average molecular weight is 470 g/mol. The van der Waals surface area contributed by atoms with Gasteiger partial charge in [-0.2, -0.15) is 0 Å². The fraction of sp³-hybridized carbons (Fsp3) is 0.292. The van der Waals surface area contributed by atoms with Crippen LogP contribution in [0, 0.1) is 11.6 Å². The highest BCUT2D eigenvalue weighted by Crippen LogP contribution is 2.40. The summed E-state index contributed by atoms with van der Waals surface area (Å²) in [6.07, 6.45) is 1.66. The van der Waals surface area contributed by atoms with Gasteiger partial charge in [-0.05, 0) is 30.3 Å². The molecule has 0 N–H and O–H groups in total. The van der Waals surface area contributed by atoms with Crippen molar-refractivity contribution in [2.24, 2.45) is 0 Å². The van der Waals surface area contributed by atoms with E-state index < -0.39 is 17.5 Å². The van der Waals surface area contributed by atoms with Crippen LogP contribution in [-0.2, 0) is 0 Å². The highest BCUT2D eigenvalue weighted by atomic mass is 19.1. The van der Waals surface area contributed by atoms with Crippen molar-refractivity contribution in [2.75, 3.05) is 52.4 Å². The zero-order valence-electron chi connectivity index (χ0n) is 19.0. The van der Waals surface area contributed by atoms with E-state index in [0.717, 1.165) is 23.8 Å². The van der Waals surface area contributed by atoms with Gasteiger partial charge < -0.3 is 24.0 Å². The summed E-state index contributed by atoms with van der Waals surface area (Å²) in [5.41, 5.74) is 1.42. The summed E-state index contributed by atoms with van der Waals surface area (Å²) < 4.78 is 43.2. The molecule has 0 atom stereocenters. The van der Waals surface area contributed by atoms with Crippen molar-refractivity contribution in [3.63, 3.8) is 0 Å². The molecule has 0 aliphatic carbocycles. The molecular formula is C24H24F2N4O4. The van der Waals surface area contributed by atoms with Gasteiger partial charge >= 0.3 is 0 Å². The van der Waals surface area contributed by atoms with Crippen molar-refractivity contribution >= 4 is 11.9 Å². The smallest absolute Gasteiger partial charge is 0.254 e. The maximum Gasteiger partial charge on any atom is 0.254 e. The number of rotatable bonds is 6. The topological polar surface area (TPSA) is 77.0 Å². The van der Waals surface area contributed by atoms with E-state index in [-0.39, 0.29) is 5.56 Å². The summed E-state index contributed by atoms with van der Waals surface area (Å²) in [5.74, 6) is 0.0520. The zero-order chi connectivity index (χ0) is 24.2. The second-order valence-electron chi connectivity index (χ2n) is 7.59. The molecule has 34 heavy (non-hydrogen) atoms. The van der Waals surface area contributed by atoms with E-state index in [9.17, 15) is 13.6 Å². The summed E-state index contributed by atoms with van der Waals surface area (Å²) in [6.45, 7) is 1.69. The molecule has 1 amide bonds. The number of piperazine rings is 1. The van der Waals surface area contributed by atoms with Gasteiger partial charge in [0.25, 0.3) is 5.91 Å². The number of hydrogen-bond acceptors (Lipinski definition) is 7. The second kappa shape index (κ2) is 9.90. The number of benzene rings is 2. The fourth-order valence-electron chi connectivity index (χ4n) is 3.86. The normalized spacial score (nSPS) is 13.6. The third-order valence-corrected chi connectivity index (χ3v) is 5.56. The van der Waals surface area contributed by atoms with Crippen molar-refractivity contribution < 1.29 is 27.8 Å². The van der Waals surface area contributed by atoms with Crippen LogP contribution in [0.25, 0.3) is 11.3 Å². The number of ether oxygens (including phenoxy) is 3. The molecule has 1 aliphatic rings. The summed E-state index contributed by atoms with van der Waals surface area (Å²) in [6, 6.07) is 8.23. The highest BCUT2D eigenvalue weighted by Gasteiger charge is 2.25. The van der Waals surface area contributed by atoms with Crippen LogP contribution in [0.3, 0.4) is 0 Å². The minimum atomic E-state index is -0.779. The van der Waals surface area contributed by atoms with Crippen molar-refractivity contribution in [1.82, 2.24) is 14.9 Å². The zero-order valence-corrected chi connectivity index (χ0v) is 19.0. The lowest BCUT2D eigenvalue weighted by Gasteiger charge is -2.34. The van der Waals surface area contributed by atoms with Crippen molar-refractivity contribution in [2.45, 2.75) is 0 Å². The maximum atomic E-state index is 13.5. The van der Waals surface area contributed by atoms with E-state index >= 15 is 0 Å². The molecule has 0 radical (unpaired) electrons. The third kappa shape index (κ3) is 4.70. The Morgan fingerprint density at radius 2 is 1.50 bits per heavy atom. The molecule has 0 unspecified atom stereocenters. The first-order valence-corrected chi connectivity index (χ1v) is 10.6. The summed E-state index contributed by atoms with van der Waals surface area (Å²) in [5, 5.41) is 0. The Morgan fingerprint density at radius 3 is 2.06 bits per heavy atom. The molecule has 1 aliphatic heterocycles. The molecule has 8 nitrogen and oxygen atoms in total. The number of methoxy groups -OCH3 is 3. The van der Waals surface area contributed by atoms with Crippen LogP contribution in [0.15, 0.2) is 42.6 Å². The lowest BCUT2D eigenvalue weighted by atomic mass is 10.1. The summed E-state index contributed by atoms with van der Waals surface area (Å²) in [4.78, 5) is 25.3. The molecule has 2 heterocycles. The lowest BCUT2D eigenvalue weighted by Crippen LogP contribution is -2.49. The third-order valence-electron chi connectivity index (χ3n) is 5.56. The summed E-state index contributed by atoms with van der Waals surface area (Å²) in [7, 11) is 4.63. The Balaban J connectivity index is 1.51. The van der Waals surface area contributed by atoms with Crippen molar-refractivity contribution in [3.05, 3.63) is 59.8 Å². The average Bonchev–Trinajstić information content (AvgIpc) is 2.86. The van der Waals surface area contributed by atoms with E-state index in [1.165, 1.54) is 7.11 Å². The number of carbonyl (C=O) groups is 1. The van der Waals surface area contributed by atoms with Gasteiger partial charge in [0.05, 0.1) is 27.0 Å². The van der Waals surface area contributed by atoms with Gasteiger partial charge in [-0.15, -0.1) is 0 Å². The quantitative estimate of drug-likeness (QED) is 0.547. The number of hydrogen-bond donors (Lipinski definition) is 0. The predicted molar refractivity (Wildman–Crippen MR) is 122 cm³/mol. The van der Waals surface area contributed by atoms with E-state index in [1.807, 2.05) is 17.0 Å². The Morgan fingerprint density at radius 1 is 0.882 bits per heavy atom. The lowest BCUT2D eigenvalue weighted by molar-refractivity contribution is 0.0745. The molecule has 1 fully saturated rings. The number of aromatic nitrogens is 2. The molecule has 2 aromatic carbocycles. The molecule has 10 heteroatoms. The SMILES string of the molecule is COc1cc(-c2ccnc(N3CCN(C(=O)c4cc(F)cc(F)c4)CC3)n2)cc(OC)c1OC. The minimum Gasteiger partial charge on any atom is -0.493 e. The summed E-state index contributed by atoms with van der Waals surface area (Å²) >= 11 is 0. The van der Waals surface area contributed by atoms with E-state index in [0.29, 0.717) is 55.1 Å². The fourth-order valence-corrected chi connectivity index (χ4v) is 3.86. The van der Waals surface area contributed by atoms with E-state index in [4.69, 9.17) is 14.2 Å². The number of anilines is 1. The van der Waals surface area contributed by atoms with Crippen LogP contribution < -0.4 is 19.1 Å².